The molecule has 0 saturated carbocycles. The first-order valence-electron chi connectivity index (χ1n) is 7.10. The van der Waals surface area contributed by atoms with Gasteiger partial charge in [-0.3, -0.25) is 4.98 Å². The normalized spacial score (nSPS) is 12.8. The van der Waals surface area contributed by atoms with E-state index in [1.807, 2.05) is 12.3 Å². The van der Waals surface area contributed by atoms with E-state index in [0.29, 0.717) is 6.61 Å². The number of rotatable bonds is 6. The molecule has 114 valence electrons. The fourth-order valence-electron chi connectivity index (χ4n) is 1.43. The van der Waals surface area contributed by atoms with Gasteiger partial charge in [-0.15, -0.1) is 0 Å². The molecule has 1 heterocycles. The van der Waals surface area contributed by atoms with Gasteiger partial charge in [0.05, 0.1) is 6.20 Å². The molecule has 0 bridgehead atoms. The van der Waals surface area contributed by atoms with Crippen LogP contribution < -0.4 is 10.1 Å². The Morgan fingerprint density at radius 2 is 1.85 bits per heavy atom. The Morgan fingerprint density at radius 3 is 2.40 bits per heavy atom. The summed E-state index contributed by atoms with van der Waals surface area (Å²) >= 11 is 0. The highest BCUT2D eigenvalue weighted by molar-refractivity contribution is 5.30. The summed E-state index contributed by atoms with van der Waals surface area (Å²) in [5.41, 5.74) is 1.22. The molecule has 0 radical (unpaired) electrons. The van der Waals surface area contributed by atoms with Crippen LogP contribution in [0.25, 0.3) is 0 Å². The zero-order valence-electron chi connectivity index (χ0n) is 13.9. The smallest absolute Gasteiger partial charge is 0.142 e. The Bertz CT molecular complexity index is 422. The summed E-state index contributed by atoms with van der Waals surface area (Å²) < 4.78 is 5.98. The molecule has 0 unspecified atom stereocenters. The van der Waals surface area contributed by atoms with Gasteiger partial charge in [-0.2, -0.15) is 0 Å². The highest BCUT2D eigenvalue weighted by Crippen LogP contribution is 2.20. The zero-order chi connectivity index (χ0) is 15.4. The molecular formula is C16H29N3O. The first kappa shape index (κ1) is 16.9. The first-order valence-corrected chi connectivity index (χ1v) is 7.10. The van der Waals surface area contributed by atoms with E-state index in [2.05, 4.69) is 63.9 Å². The molecule has 0 aromatic carbocycles. The highest BCUT2D eigenvalue weighted by atomic mass is 16.5. The molecule has 1 rings (SSSR count). The first-order chi connectivity index (χ1) is 9.12. The second kappa shape index (κ2) is 6.55. The zero-order valence-corrected chi connectivity index (χ0v) is 13.9. The number of ether oxygens (including phenoxy) is 1. The topological polar surface area (TPSA) is 37.4 Å². The molecule has 0 aliphatic heterocycles. The van der Waals surface area contributed by atoms with Crippen molar-refractivity contribution in [1.29, 1.82) is 0 Å². The average molecular weight is 279 g/mol. The molecule has 4 nitrogen and oxygen atoms in total. The van der Waals surface area contributed by atoms with Crippen molar-refractivity contribution >= 4 is 0 Å². The Balaban J connectivity index is 2.71. The van der Waals surface area contributed by atoms with Crippen molar-refractivity contribution in [2.45, 2.75) is 52.2 Å². The summed E-state index contributed by atoms with van der Waals surface area (Å²) in [6, 6.07) is 2.01. The maximum Gasteiger partial charge on any atom is 0.142 e. The third-order valence-electron chi connectivity index (χ3n) is 3.47. The minimum absolute atomic E-state index is 0.00936. The van der Waals surface area contributed by atoms with Gasteiger partial charge in [0.15, 0.2) is 0 Å². The van der Waals surface area contributed by atoms with Crippen molar-refractivity contribution in [3.8, 4) is 5.75 Å². The number of nitrogens with zero attached hydrogens (tertiary/aromatic N) is 2. The van der Waals surface area contributed by atoms with Crippen molar-refractivity contribution in [2.24, 2.45) is 0 Å². The van der Waals surface area contributed by atoms with Gasteiger partial charge in [0.25, 0.3) is 0 Å². The molecule has 0 fully saturated rings. The van der Waals surface area contributed by atoms with E-state index >= 15 is 0 Å². The van der Waals surface area contributed by atoms with Crippen LogP contribution in [0.15, 0.2) is 18.5 Å². The summed E-state index contributed by atoms with van der Waals surface area (Å²) in [7, 11) is 4.13. The summed E-state index contributed by atoms with van der Waals surface area (Å²) in [5.74, 6) is 0.860. The number of nitrogens with one attached hydrogen (secondary N) is 1. The summed E-state index contributed by atoms with van der Waals surface area (Å²) in [5, 5.41) is 3.48. The standard InChI is InChI=1S/C16H29N3O/c1-15(2,3)18-10-13-8-9-17-11-14(13)20-12-16(4,5)19(6)7/h8-9,11,18H,10,12H2,1-7H3. The lowest BCUT2D eigenvalue weighted by Crippen LogP contribution is -2.43. The van der Waals surface area contributed by atoms with Crippen LogP contribution in [0.4, 0.5) is 0 Å². The third kappa shape index (κ3) is 5.47. The molecule has 1 N–H and O–H groups in total. The minimum Gasteiger partial charge on any atom is -0.490 e. The van der Waals surface area contributed by atoms with Crippen LogP contribution in [0.2, 0.25) is 0 Å². The van der Waals surface area contributed by atoms with Gasteiger partial charge >= 0.3 is 0 Å². The van der Waals surface area contributed by atoms with Crippen LogP contribution in [-0.4, -0.2) is 41.7 Å². The van der Waals surface area contributed by atoms with E-state index in [0.717, 1.165) is 17.9 Å². The van der Waals surface area contributed by atoms with E-state index in [1.54, 1.807) is 6.20 Å². The van der Waals surface area contributed by atoms with Crippen LogP contribution in [-0.2, 0) is 6.54 Å². The van der Waals surface area contributed by atoms with Gasteiger partial charge in [-0.1, -0.05) is 0 Å². The summed E-state index contributed by atoms with van der Waals surface area (Å²) in [6.45, 7) is 12.2. The lowest BCUT2D eigenvalue weighted by atomic mass is 10.1. The molecule has 0 saturated heterocycles. The number of pyridine rings is 1. The van der Waals surface area contributed by atoms with Crippen LogP contribution in [0, 0.1) is 0 Å². The van der Waals surface area contributed by atoms with E-state index < -0.39 is 0 Å². The maximum absolute atomic E-state index is 5.98. The molecular weight excluding hydrogens is 250 g/mol. The Hall–Kier alpha value is -1.13. The summed E-state index contributed by atoms with van der Waals surface area (Å²) in [4.78, 5) is 6.33. The molecule has 4 heteroatoms. The van der Waals surface area contributed by atoms with Crippen molar-refractivity contribution in [2.75, 3.05) is 20.7 Å². The second-order valence-corrected chi connectivity index (χ2v) is 7.08. The van der Waals surface area contributed by atoms with Gasteiger partial charge in [0, 0.05) is 29.4 Å². The average Bonchev–Trinajstić information content (AvgIpc) is 2.33. The van der Waals surface area contributed by atoms with Gasteiger partial charge in [0.1, 0.15) is 12.4 Å². The van der Waals surface area contributed by atoms with Crippen LogP contribution in [0.1, 0.15) is 40.2 Å². The maximum atomic E-state index is 5.98. The summed E-state index contributed by atoms with van der Waals surface area (Å²) in [6.07, 6.45) is 3.61. The molecule has 0 spiro atoms. The lowest BCUT2D eigenvalue weighted by Gasteiger charge is -2.32. The van der Waals surface area contributed by atoms with Crippen LogP contribution in [0.5, 0.6) is 5.75 Å². The highest BCUT2D eigenvalue weighted by Gasteiger charge is 2.22. The van der Waals surface area contributed by atoms with E-state index in [-0.39, 0.29) is 11.1 Å². The molecule has 0 aliphatic rings. The van der Waals surface area contributed by atoms with Crippen LogP contribution >= 0.6 is 0 Å². The fourth-order valence-corrected chi connectivity index (χ4v) is 1.43. The van der Waals surface area contributed by atoms with E-state index in [4.69, 9.17) is 4.74 Å². The third-order valence-corrected chi connectivity index (χ3v) is 3.47. The van der Waals surface area contributed by atoms with Crippen molar-refractivity contribution in [1.82, 2.24) is 15.2 Å². The number of likely N-dealkylation sites (N-methyl/N-ethyl adjacent to an activating group) is 1. The molecule has 0 amide bonds. The quantitative estimate of drug-likeness (QED) is 0.869. The Labute approximate surface area is 123 Å². The van der Waals surface area contributed by atoms with Gasteiger partial charge < -0.3 is 15.0 Å². The molecule has 1 aromatic heterocycles. The number of hydrogen-bond acceptors (Lipinski definition) is 4. The van der Waals surface area contributed by atoms with E-state index in [1.165, 1.54) is 0 Å². The Morgan fingerprint density at radius 1 is 1.20 bits per heavy atom. The minimum atomic E-state index is -0.00936. The monoisotopic (exact) mass is 279 g/mol. The fraction of sp³-hybridized carbons (Fsp3) is 0.688. The van der Waals surface area contributed by atoms with Gasteiger partial charge in [-0.25, -0.2) is 0 Å². The van der Waals surface area contributed by atoms with Gasteiger partial charge in [-0.05, 0) is 54.8 Å². The SMILES string of the molecule is CN(C)C(C)(C)COc1cnccc1CNC(C)(C)C. The largest absolute Gasteiger partial charge is 0.490 e. The second-order valence-electron chi connectivity index (χ2n) is 7.08. The van der Waals surface area contributed by atoms with Crippen molar-refractivity contribution in [3.63, 3.8) is 0 Å². The molecule has 1 aromatic rings. The molecule has 0 atom stereocenters. The predicted octanol–water partition coefficient (Wildman–Crippen LogP) is 2.69. The molecule has 20 heavy (non-hydrogen) atoms. The lowest BCUT2D eigenvalue weighted by molar-refractivity contribution is 0.113. The van der Waals surface area contributed by atoms with Crippen molar-refractivity contribution in [3.05, 3.63) is 24.0 Å². The Kier molecular flexibility index (Phi) is 5.54. The van der Waals surface area contributed by atoms with Crippen LogP contribution in [0.3, 0.4) is 0 Å². The predicted molar refractivity (Wildman–Crippen MR) is 84.1 cm³/mol. The van der Waals surface area contributed by atoms with E-state index in [9.17, 15) is 0 Å². The number of hydrogen-bond donors (Lipinski definition) is 1. The molecule has 0 aliphatic carbocycles. The van der Waals surface area contributed by atoms with Gasteiger partial charge in [0.2, 0.25) is 0 Å². The van der Waals surface area contributed by atoms with Crippen molar-refractivity contribution < 1.29 is 4.74 Å². The number of aromatic nitrogens is 1.